The molecule has 2 aliphatic rings. The Balaban J connectivity index is 1.96. The molecule has 64 valence electrons. The molecule has 1 aromatic rings. The van der Waals surface area contributed by atoms with E-state index in [-0.39, 0.29) is 0 Å². The summed E-state index contributed by atoms with van der Waals surface area (Å²) < 4.78 is 0. The normalized spacial score (nSPS) is 25.8. The number of rotatable bonds is 2. The molecule has 0 aromatic carbocycles. The largest absolute Gasteiger partial charge is 0.250 e. The van der Waals surface area contributed by atoms with Crippen molar-refractivity contribution in [2.75, 3.05) is 0 Å². The molecule has 2 heteroatoms. The Bertz CT molecular complexity index is 307. The molecule has 12 heavy (non-hydrogen) atoms. The Kier molecular flexibility index (Phi) is 1.24. The first-order chi connectivity index (χ1) is 5.81. The van der Waals surface area contributed by atoms with Crippen molar-refractivity contribution >= 4 is 11.3 Å². The molecular weight excluding hydrogens is 166 g/mol. The van der Waals surface area contributed by atoms with Gasteiger partial charge in [-0.25, -0.2) is 4.98 Å². The van der Waals surface area contributed by atoms with E-state index in [0.717, 1.165) is 5.92 Å². The third-order valence-electron chi connectivity index (χ3n) is 3.26. The molecule has 1 heterocycles. The van der Waals surface area contributed by atoms with Crippen LogP contribution in [0.4, 0.5) is 0 Å². The van der Waals surface area contributed by atoms with Crippen LogP contribution in [0.15, 0.2) is 6.20 Å². The van der Waals surface area contributed by atoms with Crippen LogP contribution >= 0.6 is 11.3 Å². The molecule has 0 atom stereocenters. The minimum atomic E-state index is 0.631. The molecule has 0 N–H and O–H groups in total. The fourth-order valence-corrected chi connectivity index (χ4v) is 3.32. The van der Waals surface area contributed by atoms with Gasteiger partial charge in [0.05, 0.1) is 5.01 Å². The first kappa shape index (κ1) is 7.07. The number of nitrogens with zero attached hydrogens (tertiary/aromatic N) is 1. The fourth-order valence-electron chi connectivity index (χ4n) is 2.22. The predicted molar refractivity (Wildman–Crippen MR) is 50.5 cm³/mol. The fraction of sp³-hybridized carbons (Fsp3) is 0.700. The van der Waals surface area contributed by atoms with Gasteiger partial charge in [-0.2, -0.15) is 0 Å². The second-order valence-corrected chi connectivity index (χ2v) is 5.41. The van der Waals surface area contributed by atoms with E-state index in [4.69, 9.17) is 0 Å². The summed E-state index contributed by atoms with van der Waals surface area (Å²) in [7, 11) is 0. The van der Waals surface area contributed by atoms with Crippen molar-refractivity contribution in [2.45, 2.75) is 38.0 Å². The molecule has 1 aromatic heterocycles. The van der Waals surface area contributed by atoms with Crippen LogP contribution in [0.25, 0.3) is 0 Å². The van der Waals surface area contributed by atoms with E-state index >= 15 is 0 Å². The molecule has 0 spiro atoms. The van der Waals surface area contributed by atoms with Crippen molar-refractivity contribution in [3.8, 4) is 0 Å². The van der Waals surface area contributed by atoms with Gasteiger partial charge in [0.25, 0.3) is 0 Å². The van der Waals surface area contributed by atoms with Gasteiger partial charge in [-0.15, -0.1) is 11.3 Å². The van der Waals surface area contributed by atoms with Gasteiger partial charge in [0.2, 0.25) is 0 Å². The highest BCUT2D eigenvalue weighted by Gasteiger charge is 2.55. The lowest BCUT2D eigenvalue weighted by Crippen LogP contribution is -2.05. The molecule has 0 aliphatic heterocycles. The summed E-state index contributed by atoms with van der Waals surface area (Å²) in [4.78, 5) is 5.92. The average Bonchev–Trinajstić information content (AvgIpc) is 2.92. The van der Waals surface area contributed by atoms with E-state index in [1.807, 2.05) is 11.3 Å². The second kappa shape index (κ2) is 2.11. The first-order valence-corrected chi connectivity index (χ1v) is 5.56. The highest BCUT2D eigenvalue weighted by molar-refractivity contribution is 7.11. The molecule has 0 unspecified atom stereocenters. The van der Waals surface area contributed by atoms with E-state index in [2.05, 4.69) is 18.1 Å². The van der Waals surface area contributed by atoms with Crippen LogP contribution in [0.2, 0.25) is 0 Å². The standard InChI is InChI=1S/C10H13NS/c1-7-11-6-9(12-7)10(4-5-10)8-2-3-8/h6,8H,2-5H2,1H3. The van der Waals surface area contributed by atoms with Gasteiger partial charge in [0, 0.05) is 16.5 Å². The molecule has 0 amide bonds. The van der Waals surface area contributed by atoms with E-state index < -0.39 is 0 Å². The van der Waals surface area contributed by atoms with Gasteiger partial charge in [0.15, 0.2) is 0 Å². The zero-order valence-electron chi connectivity index (χ0n) is 7.34. The van der Waals surface area contributed by atoms with Gasteiger partial charge < -0.3 is 0 Å². The number of thiazole rings is 1. The number of hydrogen-bond donors (Lipinski definition) is 0. The molecule has 3 rings (SSSR count). The minimum absolute atomic E-state index is 0.631. The van der Waals surface area contributed by atoms with E-state index in [1.165, 1.54) is 30.7 Å². The quantitative estimate of drug-likeness (QED) is 0.680. The second-order valence-electron chi connectivity index (χ2n) is 4.17. The van der Waals surface area contributed by atoms with Crippen LogP contribution in [0, 0.1) is 12.8 Å². The van der Waals surface area contributed by atoms with Crippen LogP contribution in [-0.2, 0) is 5.41 Å². The predicted octanol–water partition coefficient (Wildman–Crippen LogP) is 2.89. The summed E-state index contributed by atoms with van der Waals surface area (Å²) >= 11 is 1.91. The summed E-state index contributed by atoms with van der Waals surface area (Å²) in [6, 6.07) is 0. The highest BCUT2D eigenvalue weighted by atomic mass is 32.1. The molecule has 0 radical (unpaired) electrons. The number of aryl methyl sites for hydroxylation is 1. The molecule has 1 nitrogen and oxygen atoms in total. The van der Waals surface area contributed by atoms with Gasteiger partial charge in [-0.3, -0.25) is 0 Å². The topological polar surface area (TPSA) is 12.9 Å². The monoisotopic (exact) mass is 179 g/mol. The zero-order chi connectivity index (χ0) is 8.18. The van der Waals surface area contributed by atoms with Crippen LogP contribution < -0.4 is 0 Å². The third-order valence-corrected chi connectivity index (χ3v) is 4.39. The maximum Gasteiger partial charge on any atom is 0.0896 e. The Labute approximate surface area is 76.8 Å². The Morgan fingerprint density at radius 3 is 2.67 bits per heavy atom. The Morgan fingerprint density at radius 1 is 1.50 bits per heavy atom. The number of hydrogen-bond acceptors (Lipinski definition) is 2. The molecular formula is C10H13NS. The molecule has 2 aliphatic carbocycles. The summed E-state index contributed by atoms with van der Waals surface area (Å²) in [5.41, 5.74) is 0.631. The zero-order valence-corrected chi connectivity index (χ0v) is 8.16. The Hall–Kier alpha value is -0.370. The summed E-state index contributed by atoms with van der Waals surface area (Å²) in [5.74, 6) is 1.03. The average molecular weight is 179 g/mol. The molecule has 0 bridgehead atoms. The molecule has 2 saturated carbocycles. The van der Waals surface area contributed by atoms with Crippen LogP contribution in [-0.4, -0.2) is 4.98 Å². The van der Waals surface area contributed by atoms with Crippen LogP contribution in [0.5, 0.6) is 0 Å². The highest BCUT2D eigenvalue weighted by Crippen LogP contribution is 2.63. The van der Waals surface area contributed by atoms with E-state index in [1.54, 1.807) is 4.88 Å². The van der Waals surface area contributed by atoms with Gasteiger partial charge in [0.1, 0.15) is 0 Å². The summed E-state index contributed by atoms with van der Waals surface area (Å²) in [6.45, 7) is 2.11. The smallest absolute Gasteiger partial charge is 0.0896 e. The van der Waals surface area contributed by atoms with Crippen LogP contribution in [0.3, 0.4) is 0 Å². The van der Waals surface area contributed by atoms with E-state index in [0.29, 0.717) is 5.41 Å². The third kappa shape index (κ3) is 0.875. The van der Waals surface area contributed by atoms with Crippen molar-refractivity contribution < 1.29 is 0 Å². The van der Waals surface area contributed by atoms with Crippen molar-refractivity contribution in [3.63, 3.8) is 0 Å². The maximum absolute atomic E-state index is 4.35. The van der Waals surface area contributed by atoms with Crippen LogP contribution in [0.1, 0.15) is 35.6 Å². The SMILES string of the molecule is Cc1ncc(C2(C3CC3)CC2)s1. The molecule has 0 saturated heterocycles. The summed E-state index contributed by atoms with van der Waals surface area (Å²) in [5, 5.41) is 1.23. The van der Waals surface area contributed by atoms with Crippen molar-refractivity contribution in [1.29, 1.82) is 0 Å². The first-order valence-electron chi connectivity index (χ1n) is 4.74. The van der Waals surface area contributed by atoms with Gasteiger partial charge >= 0.3 is 0 Å². The maximum atomic E-state index is 4.35. The lowest BCUT2D eigenvalue weighted by atomic mass is 10.00. The van der Waals surface area contributed by atoms with E-state index in [9.17, 15) is 0 Å². The lowest BCUT2D eigenvalue weighted by molar-refractivity contribution is 0.607. The van der Waals surface area contributed by atoms with Crippen molar-refractivity contribution in [1.82, 2.24) is 4.98 Å². The molecule has 2 fully saturated rings. The number of aromatic nitrogens is 1. The Morgan fingerprint density at radius 2 is 2.25 bits per heavy atom. The summed E-state index contributed by atoms with van der Waals surface area (Å²) in [6.07, 6.45) is 7.91. The minimum Gasteiger partial charge on any atom is -0.250 e. The lowest BCUT2D eigenvalue weighted by Gasteiger charge is -2.09. The van der Waals surface area contributed by atoms with Crippen molar-refractivity contribution in [2.24, 2.45) is 5.92 Å². The van der Waals surface area contributed by atoms with Gasteiger partial charge in [-0.05, 0) is 38.5 Å². The van der Waals surface area contributed by atoms with Gasteiger partial charge in [-0.1, -0.05) is 0 Å². The van der Waals surface area contributed by atoms with Crippen molar-refractivity contribution in [3.05, 3.63) is 16.1 Å².